The van der Waals surface area contributed by atoms with E-state index in [1.807, 2.05) is 6.07 Å². The van der Waals surface area contributed by atoms with E-state index in [0.29, 0.717) is 12.0 Å². The molecule has 0 amide bonds. The Labute approximate surface area is 138 Å². The van der Waals surface area contributed by atoms with Crippen LogP contribution in [0.2, 0.25) is 0 Å². The van der Waals surface area contributed by atoms with Gasteiger partial charge in [-0.25, -0.2) is 0 Å². The number of furan rings is 1. The summed E-state index contributed by atoms with van der Waals surface area (Å²) in [5.41, 5.74) is 2.62. The molecule has 2 nitrogen and oxygen atoms in total. The monoisotopic (exact) mass is 305 g/mol. The van der Waals surface area contributed by atoms with Crippen molar-refractivity contribution in [2.75, 3.05) is 6.54 Å². The van der Waals surface area contributed by atoms with E-state index in [1.54, 1.807) is 6.26 Å². The maximum absolute atomic E-state index is 5.66. The average molecular weight is 305 g/mol. The van der Waals surface area contributed by atoms with Crippen molar-refractivity contribution >= 4 is 0 Å². The second-order valence-electron chi connectivity index (χ2n) is 5.85. The lowest BCUT2D eigenvalue weighted by molar-refractivity contribution is 0.457. The summed E-state index contributed by atoms with van der Waals surface area (Å²) in [7, 11) is 0. The molecule has 3 aromatic rings. The van der Waals surface area contributed by atoms with Crippen molar-refractivity contribution in [3.05, 3.63) is 95.9 Å². The van der Waals surface area contributed by atoms with Crippen LogP contribution in [0.3, 0.4) is 0 Å². The number of rotatable bonds is 7. The molecule has 0 bridgehead atoms. The topological polar surface area (TPSA) is 25.2 Å². The van der Waals surface area contributed by atoms with E-state index in [0.717, 1.165) is 18.7 Å². The number of nitrogens with one attached hydrogen (secondary N) is 1. The minimum Gasteiger partial charge on any atom is -0.469 e. The van der Waals surface area contributed by atoms with E-state index in [4.69, 9.17) is 4.42 Å². The van der Waals surface area contributed by atoms with Crippen molar-refractivity contribution in [3.63, 3.8) is 0 Å². The number of hydrogen-bond acceptors (Lipinski definition) is 2. The summed E-state index contributed by atoms with van der Waals surface area (Å²) in [6, 6.07) is 25.5. The van der Waals surface area contributed by atoms with Crippen molar-refractivity contribution < 1.29 is 4.42 Å². The molecule has 0 radical (unpaired) electrons. The molecular weight excluding hydrogens is 282 g/mol. The van der Waals surface area contributed by atoms with E-state index < -0.39 is 0 Å². The summed E-state index contributed by atoms with van der Waals surface area (Å²) >= 11 is 0. The molecule has 0 aliphatic heterocycles. The van der Waals surface area contributed by atoms with Gasteiger partial charge in [0.25, 0.3) is 0 Å². The van der Waals surface area contributed by atoms with Gasteiger partial charge in [0, 0.05) is 12.0 Å². The Balaban J connectivity index is 1.64. The quantitative estimate of drug-likeness (QED) is 0.653. The van der Waals surface area contributed by atoms with Gasteiger partial charge < -0.3 is 9.73 Å². The van der Waals surface area contributed by atoms with Crippen molar-refractivity contribution in [2.24, 2.45) is 0 Å². The second kappa shape index (κ2) is 7.80. The van der Waals surface area contributed by atoms with Crippen molar-refractivity contribution in [1.29, 1.82) is 0 Å². The van der Waals surface area contributed by atoms with E-state index in [2.05, 4.69) is 79.0 Å². The molecule has 0 saturated carbocycles. The van der Waals surface area contributed by atoms with Gasteiger partial charge in [0.1, 0.15) is 5.76 Å². The Bertz CT molecular complexity index is 676. The van der Waals surface area contributed by atoms with E-state index in [9.17, 15) is 0 Å². The molecule has 1 heterocycles. The standard InChI is InChI=1S/C21H23NO/c1-17(18-9-4-2-5-10-18)22-15-14-20(21-13-8-16-23-21)19-11-6-3-7-12-19/h2-13,16-17,20,22H,14-15H2,1H3/t17-,20+/m0/s1. The van der Waals surface area contributed by atoms with Gasteiger partial charge in [-0.1, -0.05) is 60.7 Å². The molecule has 118 valence electrons. The molecule has 1 aromatic heterocycles. The van der Waals surface area contributed by atoms with Gasteiger partial charge in [0.15, 0.2) is 0 Å². The lowest BCUT2D eigenvalue weighted by atomic mass is 9.93. The van der Waals surface area contributed by atoms with Crippen LogP contribution in [0.15, 0.2) is 83.5 Å². The van der Waals surface area contributed by atoms with Crippen LogP contribution < -0.4 is 5.32 Å². The number of hydrogen-bond donors (Lipinski definition) is 1. The summed E-state index contributed by atoms with van der Waals surface area (Å²) in [6.45, 7) is 3.15. The Morgan fingerprint density at radius 1 is 0.826 bits per heavy atom. The van der Waals surface area contributed by atoms with Gasteiger partial charge in [-0.3, -0.25) is 0 Å². The molecule has 0 aliphatic carbocycles. The lowest BCUT2D eigenvalue weighted by Gasteiger charge is -2.18. The van der Waals surface area contributed by atoms with Gasteiger partial charge in [0.2, 0.25) is 0 Å². The summed E-state index contributed by atoms with van der Waals surface area (Å²) in [6.07, 6.45) is 2.76. The average Bonchev–Trinajstić information content (AvgIpc) is 3.14. The molecule has 0 unspecified atom stereocenters. The van der Waals surface area contributed by atoms with Crippen LogP contribution in [-0.2, 0) is 0 Å². The molecule has 23 heavy (non-hydrogen) atoms. The first-order valence-corrected chi connectivity index (χ1v) is 8.21. The predicted octanol–water partition coefficient (Wildman–Crippen LogP) is 5.15. The predicted molar refractivity (Wildman–Crippen MR) is 94.5 cm³/mol. The highest BCUT2D eigenvalue weighted by atomic mass is 16.3. The van der Waals surface area contributed by atoms with Crippen LogP contribution in [0.25, 0.3) is 0 Å². The van der Waals surface area contributed by atoms with Gasteiger partial charge >= 0.3 is 0 Å². The first-order valence-electron chi connectivity index (χ1n) is 8.21. The largest absolute Gasteiger partial charge is 0.469 e. The first kappa shape index (κ1) is 15.6. The Morgan fingerprint density at radius 3 is 2.09 bits per heavy atom. The minimum atomic E-state index is 0.293. The van der Waals surface area contributed by atoms with E-state index in [-0.39, 0.29) is 0 Å². The molecular formula is C21H23NO. The molecule has 3 rings (SSSR count). The first-order chi connectivity index (χ1) is 11.3. The van der Waals surface area contributed by atoms with Crippen molar-refractivity contribution in [1.82, 2.24) is 5.32 Å². The number of benzene rings is 2. The third-order valence-corrected chi connectivity index (χ3v) is 4.27. The van der Waals surface area contributed by atoms with Crippen LogP contribution in [0.4, 0.5) is 0 Å². The van der Waals surface area contributed by atoms with Gasteiger partial charge in [-0.15, -0.1) is 0 Å². The third kappa shape index (κ3) is 4.11. The van der Waals surface area contributed by atoms with Crippen LogP contribution in [-0.4, -0.2) is 6.54 Å². The summed E-state index contributed by atoms with van der Waals surface area (Å²) in [5, 5.41) is 3.62. The van der Waals surface area contributed by atoms with Crippen LogP contribution in [0, 0.1) is 0 Å². The van der Waals surface area contributed by atoms with Crippen molar-refractivity contribution in [3.8, 4) is 0 Å². The Kier molecular flexibility index (Phi) is 5.28. The normalized spacial score (nSPS) is 13.6. The smallest absolute Gasteiger partial charge is 0.111 e. The van der Waals surface area contributed by atoms with Crippen molar-refractivity contribution in [2.45, 2.75) is 25.3 Å². The molecule has 1 N–H and O–H groups in total. The van der Waals surface area contributed by atoms with Gasteiger partial charge in [-0.2, -0.15) is 0 Å². The van der Waals surface area contributed by atoms with Crippen LogP contribution in [0.1, 0.15) is 42.2 Å². The molecule has 2 aromatic carbocycles. The summed E-state index contributed by atoms with van der Waals surface area (Å²) in [5.74, 6) is 1.33. The Hall–Kier alpha value is -2.32. The zero-order chi connectivity index (χ0) is 15.9. The molecule has 0 fully saturated rings. The highest BCUT2D eigenvalue weighted by Gasteiger charge is 2.16. The van der Waals surface area contributed by atoms with Crippen LogP contribution >= 0.6 is 0 Å². The zero-order valence-corrected chi connectivity index (χ0v) is 13.5. The molecule has 2 heteroatoms. The fourth-order valence-corrected chi connectivity index (χ4v) is 2.95. The van der Waals surface area contributed by atoms with Crippen LogP contribution in [0.5, 0.6) is 0 Å². The van der Waals surface area contributed by atoms with E-state index in [1.165, 1.54) is 11.1 Å². The second-order valence-corrected chi connectivity index (χ2v) is 5.85. The van der Waals surface area contributed by atoms with Gasteiger partial charge in [-0.05, 0) is 43.1 Å². The summed E-state index contributed by atoms with van der Waals surface area (Å²) < 4.78 is 5.66. The molecule has 2 atom stereocenters. The maximum atomic E-state index is 5.66. The van der Waals surface area contributed by atoms with E-state index >= 15 is 0 Å². The maximum Gasteiger partial charge on any atom is 0.111 e. The minimum absolute atomic E-state index is 0.293. The summed E-state index contributed by atoms with van der Waals surface area (Å²) in [4.78, 5) is 0. The molecule has 0 spiro atoms. The Morgan fingerprint density at radius 2 is 1.48 bits per heavy atom. The SMILES string of the molecule is C[C@H](NCC[C@H](c1ccccc1)c1ccco1)c1ccccc1. The fraction of sp³-hybridized carbons (Fsp3) is 0.238. The lowest BCUT2D eigenvalue weighted by Crippen LogP contribution is -2.21. The highest BCUT2D eigenvalue weighted by molar-refractivity contribution is 5.27. The molecule has 0 aliphatic rings. The highest BCUT2D eigenvalue weighted by Crippen LogP contribution is 2.28. The van der Waals surface area contributed by atoms with Gasteiger partial charge in [0.05, 0.1) is 6.26 Å². The molecule has 0 saturated heterocycles. The fourth-order valence-electron chi connectivity index (χ4n) is 2.95. The third-order valence-electron chi connectivity index (χ3n) is 4.27. The zero-order valence-electron chi connectivity index (χ0n) is 13.5.